The Labute approximate surface area is 214 Å². The third-order valence-corrected chi connectivity index (χ3v) is 9.20. The quantitative estimate of drug-likeness (QED) is 0.341. The number of alkyl halides is 1. The smallest absolute Gasteiger partial charge is 0.306 e. The van der Waals surface area contributed by atoms with Gasteiger partial charge in [-0.15, -0.1) is 0 Å². The molecule has 1 spiro atoms. The minimum absolute atomic E-state index is 0.00183. The first-order chi connectivity index (χ1) is 17.3. The van der Waals surface area contributed by atoms with Crippen molar-refractivity contribution in [2.75, 3.05) is 26.2 Å². The Morgan fingerprint density at radius 1 is 1.11 bits per heavy atom. The van der Waals surface area contributed by atoms with Crippen LogP contribution in [0.5, 0.6) is 0 Å². The number of hydrogen-bond donors (Lipinski definition) is 5. The topological polar surface area (TPSA) is 146 Å². The fraction of sp³-hybridized carbons (Fsp3) is 0.885. The molecule has 0 radical (unpaired) electrons. The van der Waals surface area contributed by atoms with Crippen LogP contribution in [0, 0.1) is 17.3 Å². The van der Waals surface area contributed by atoms with Crippen molar-refractivity contribution >= 4 is 18.1 Å². The number of halogens is 1. The highest BCUT2D eigenvalue weighted by molar-refractivity contribution is 5.81. The van der Waals surface area contributed by atoms with E-state index in [0.29, 0.717) is 45.3 Å². The lowest BCUT2D eigenvalue weighted by Crippen LogP contribution is -2.63. The van der Waals surface area contributed by atoms with Gasteiger partial charge in [0.2, 0.25) is 5.91 Å². The third kappa shape index (κ3) is 6.62. The van der Waals surface area contributed by atoms with Gasteiger partial charge in [0.05, 0.1) is 30.1 Å². The maximum Gasteiger partial charge on any atom is 0.306 e. The molecule has 9 nitrogen and oxygen atoms in total. The number of nitrogens with two attached hydrogens (primary N) is 2. The molecule has 5 unspecified atom stereocenters. The van der Waals surface area contributed by atoms with Gasteiger partial charge in [0.25, 0.3) is 0 Å². The summed E-state index contributed by atoms with van der Waals surface area (Å²) in [4.78, 5) is 32.0. The Hall–Kier alpha value is -1.62. The number of aliphatic imine (C=N–C) groups is 1. The van der Waals surface area contributed by atoms with Crippen LogP contribution in [0.3, 0.4) is 0 Å². The number of aliphatic carboxylic acids is 1. The van der Waals surface area contributed by atoms with Crippen molar-refractivity contribution in [1.29, 1.82) is 0 Å². The zero-order valence-electron chi connectivity index (χ0n) is 21.4. The van der Waals surface area contributed by atoms with Crippen LogP contribution in [0.1, 0.15) is 70.6 Å². The monoisotopic (exact) mass is 508 g/mol. The van der Waals surface area contributed by atoms with Gasteiger partial charge in [-0.3, -0.25) is 19.5 Å². The van der Waals surface area contributed by atoms with Crippen molar-refractivity contribution in [2.24, 2.45) is 33.7 Å². The zero-order valence-corrected chi connectivity index (χ0v) is 21.4. The summed E-state index contributed by atoms with van der Waals surface area (Å²) < 4.78 is 14.5. The SMILES string of the molecule is NC(N)C(C(=O)NC1CNCCC1N1CCC(C(=O)O)CC1)C1CC2(CCCCC2)CCC(F)C=N1. The molecule has 7 N–H and O–H groups in total. The van der Waals surface area contributed by atoms with Gasteiger partial charge in [0.1, 0.15) is 6.17 Å². The van der Waals surface area contributed by atoms with E-state index in [1.165, 1.54) is 12.6 Å². The molecule has 10 heteroatoms. The molecule has 3 fully saturated rings. The van der Waals surface area contributed by atoms with E-state index in [2.05, 4.69) is 20.5 Å². The van der Waals surface area contributed by atoms with Crippen LogP contribution in [0.25, 0.3) is 0 Å². The van der Waals surface area contributed by atoms with E-state index in [4.69, 9.17) is 11.5 Å². The molecule has 1 saturated carbocycles. The lowest BCUT2D eigenvalue weighted by Gasteiger charge is -2.44. The fourth-order valence-electron chi connectivity index (χ4n) is 7.09. The van der Waals surface area contributed by atoms with Crippen molar-refractivity contribution in [1.82, 2.24) is 15.5 Å². The summed E-state index contributed by atoms with van der Waals surface area (Å²) in [5, 5.41) is 16.0. The number of likely N-dealkylation sites (tertiary alicyclic amines) is 1. The third-order valence-electron chi connectivity index (χ3n) is 9.20. The Balaban J connectivity index is 1.47. The molecule has 0 aromatic heterocycles. The summed E-state index contributed by atoms with van der Waals surface area (Å²) in [5.74, 6) is -1.96. The number of rotatable bonds is 6. The summed E-state index contributed by atoms with van der Waals surface area (Å²) in [6.45, 7) is 2.90. The zero-order chi connectivity index (χ0) is 25.7. The van der Waals surface area contributed by atoms with Crippen LogP contribution in [0.15, 0.2) is 4.99 Å². The summed E-state index contributed by atoms with van der Waals surface area (Å²) in [6, 6.07) is -0.452. The average molecular weight is 509 g/mol. The summed E-state index contributed by atoms with van der Waals surface area (Å²) in [5.41, 5.74) is 12.4. The molecule has 1 amide bonds. The molecule has 3 heterocycles. The predicted octanol–water partition coefficient (Wildman–Crippen LogP) is 1.40. The first-order valence-corrected chi connectivity index (χ1v) is 13.9. The molecule has 2 saturated heterocycles. The van der Waals surface area contributed by atoms with Crippen LogP contribution in [0.2, 0.25) is 0 Å². The Kier molecular flexibility index (Phi) is 9.35. The van der Waals surface area contributed by atoms with Gasteiger partial charge in [-0.2, -0.15) is 0 Å². The molecule has 5 atom stereocenters. The number of nitrogens with zero attached hydrogens (tertiary/aromatic N) is 2. The summed E-state index contributed by atoms with van der Waals surface area (Å²) in [6.07, 6.45) is 9.04. The van der Waals surface area contributed by atoms with Crippen molar-refractivity contribution < 1.29 is 19.1 Å². The fourth-order valence-corrected chi connectivity index (χ4v) is 7.09. The first kappa shape index (κ1) is 27.4. The van der Waals surface area contributed by atoms with Crippen LogP contribution in [0.4, 0.5) is 4.39 Å². The number of carboxylic acid groups (broad SMARTS) is 1. The van der Waals surface area contributed by atoms with Crippen molar-refractivity contribution in [3.8, 4) is 0 Å². The van der Waals surface area contributed by atoms with Crippen molar-refractivity contribution in [3.63, 3.8) is 0 Å². The molecule has 4 aliphatic rings. The normalized spacial score (nSPS) is 33.1. The van der Waals surface area contributed by atoms with E-state index in [0.717, 1.165) is 45.1 Å². The molecule has 1 aliphatic carbocycles. The molecule has 204 valence electrons. The number of amides is 1. The number of carboxylic acids is 1. The second-order valence-electron chi connectivity index (χ2n) is 11.6. The highest BCUT2D eigenvalue weighted by atomic mass is 19.1. The van der Waals surface area contributed by atoms with Gasteiger partial charge < -0.3 is 27.2 Å². The van der Waals surface area contributed by atoms with Crippen molar-refractivity contribution in [2.45, 2.75) is 101 Å². The van der Waals surface area contributed by atoms with Gasteiger partial charge in [-0.25, -0.2) is 4.39 Å². The number of carbonyl (C=O) groups excluding carboxylic acids is 1. The number of nitrogens with one attached hydrogen (secondary N) is 2. The van der Waals surface area contributed by atoms with E-state index < -0.39 is 30.3 Å². The van der Waals surface area contributed by atoms with Crippen LogP contribution >= 0.6 is 0 Å². The van der Waals surface area contributed by atoms with Crippen LogP contribution < -0.4 is 22.1 Å². The minimum atomic E-state index is -1.11. The Morgan fingerprint density at radius 3 is 2.50 bits per heavy atom. The molecule has 3 aliphatic heterocycles. The molecule has 4 rings (SSSR count). The molecule has 0 bridgehead atoms. The van der Waals surface area contributed by atoms with E-state index in [1.54, 1.807) is 0 Å². The minimum Gasteiger partial charge on any atom is -0.481 e. The second-order valence-corrected chi connectivity index (χ2v) is 11.6. The number of hydrogen-bond acceptors (Lipinski definition) is 7. The van der Waals surface area contributed by atoms with E-state index in [-0.39, 0.29) is 29.3 Å². The summed E-state index contributed by atoms with van der Waals surface area (Å²) >= 11 is 0. The number of carbonyl (C=O) groups is 2. The van der Waals surface area contributed by atoms with Crippen molar-refractivity contribution in [3.05, 3.63) is 0 Å². The van der Waals surface area contributed by atoms with Gasteiger partial charge in [-0.1, -0.05) is 19.3 Å². The Morgan fingerprint density at radius 2 is 1.83 bits per heavy atom. The maximum atomic E-state index is 14.5. The maximum absolute atomic E-state index is 14.5. The molecule has 0 aromatic carbocycles. The van der Waals surface area contributed by atoms with E-state index >= 15 is 0 Å². The highest BCUT2D eigenvalue weighted by Crippen LogP contribution is 2.46. The lowest BCUT2D eigenvalue weighted by atomic mass is 9.65. The predicted molar refractivity (Wildman–Crippen MR) is 137 cm³/mol. The molecule has 0 aromatic rings. The highest BCUT2D eigenvalue weighted by Gasteiger charge is 2.43. The van der Waals surface area contributed by atoms with Gasteiger partial charge in [0.15, 0.2) is 0 Å². The number of piperidine rings is 2. The first-order valence-electron chi connectivity index (χ1n) is 13.9. The van der Waals surface area contributed by atoms with E-state index in [1.807, 2.05) is 0 Å². The average Bonchev–Trinajstić information content (AvgIpc) is 2.86. The van der Waals surface area contributed by atoms with Crippen LogP contribution in [-0.4, -0.2) is 84.7 Å². The molecular formula is C26H45FN6O3. The van der Waals surface area contributed by atoms with Gasteiger partial charge in [-0.05, 0) is 76.4 Å². The standard InChI is InChI=1S/C26H45FN6O3/c27-18-4-10-26(8-2-1-3-9-26)14-19(31-15-18)22(23(28)29)24(34)32-20-16-30-11-5-21(20)33-12-6-17(7-13-33)25(35)36/h15,17-23,30H,1-14,16,28-29H2,(H,32,34)(H,35,36). The summed E-state index contributed by atoms with van der Waals surface area (Å²) in [7, 11) is 0. The van der Waals surface area contributed by atoms with Gasteiger partial charge >= 0.3 is 5.97 Å². The van der Waals surface area contributed by atoms with Gasteiger partial charge in [0, 0.05) is 18.8 Å². The van der Waals surface area contributed by atoms with E-state index in [9.17, 15) is 19.1 Å². The largest absolute Gasteiger partial charge is 0.481 e. The van der Waals surface area contributed by atoms with Crippen LogP contribution in [-0.2, 0) is 9.59 Å². The second kappa shape index (κ2) is 12.3. The lowest BCUT2D eigenvalue weighted by molar-refractivity contribution is -0.143. The Bertz CT molecular complexity index is 782. The molecule has 36 heavy (non-hydrogen) atoms. The molecular weight excluding hydrogens is 463 g/mol.